The van der Waals surface area contributed by atoms with Crippen molar-refractivity contribution in [3.05, 3.63) is 47.6 Å². The molecule has 0 aliphatic carbocycles. The first-order chi connectivity index (χ1) is 18.2. The molecule has 12 nitrogen and oxygen atoms in total. The van der Waals surface area contributed by atoms with Gasteiger partial charge in [-0.05, 0) is 6.42 Å². The van der Waals surface area contributed by atoms with Crippen molar-refractivity contribution in [3.8, 4) is 11.5 Å². The van der Waals surface area contributed by atoms with Crippen molar-refractivity contribution >= 4 is 40.2 Å². The molecule has 1 saturated heterocycles. The van der Waals surface area contributed by atoms with Crippen LogP contribution in [0, 0.1) is 0 Å². The predicted molar refractivity (Wildman–Crippen MR) is 141 cm³/mol. The number of nitrogens with one attached hydrogen (secondary N) is 1. The highest BCUT2D eigenvalue weighted by atomic mass is 35.5. The molecule has 38 heavy (non-hydrogen) atoms. The number of pyridine rings is 1. The molecule has 13 heteroatoms. The van der Waals surface area contributed by atoms with Crippen LogP contribution in [0.5, 0.6) is 11.5 Å². The van der Waals surface area contributed by atoms with Crippen LogP contribution in [0.1, 0.15) is 38.9 Å². The number of nitrogens with zero attached hydrogens (tertiary/aromatic N) is 8. The third kappa shape index (κ3) is 4.24. The van der Waals surface area contributed by atoms with E-state index in [2.05, 4.69) is 46.1 Å². The number of hydrogen-bond acceptors (Lipinski definition) is 9. The van der Waals surface area contributed by atoms with Gasteiger partial charge in [-0.15, -0.1) is 0 Å². The Hall–Kier alpha value is -3.74. The van der Waals surface area contributed by atoms with E-state index in [1.54, 1.807) is 35.4 Å². The van der Waals surface area contributed by atoms with E-state index in [-0.39, 0.29) is 24.2 Å². The zero-order valence-corrected chi connectivity index (χ0v) is 22.2. The highest BCUT2D eigenvalue weighted by molar-refractivity contribution is 6.36. The maximum Gasteiger partial charge on any atom is 0.210 e. The summed E-state index contributed by atoms with van der Waals surface area (Å²) in [5.74, 6) is 2.02. The lowest BCUT2D eigenvalue weighted by molar-refractivity contribution is 0.0391. The summed E-state index contributed by atoms with van der Waals surface area (Å²) in [4.78, 5) is 13.3. The number of anilines is 2. The fraction of sp³-hybridized carbons (Fsp3) is 0.400. The summed E-state index contributed by atoms with van der Waals surface area (Å²) < 4.78 is 17.1. The van der Waals surface area contributed by atoms with Crippen LogP contribution in [0.2, 0.25) is 5.02 Å². The van der Waals surface area contributed by atoms with E-state index in [4.69, 9.17) is 26.2 Å². The van der Waals surface area contributed by atoms with Gasteiger partial charge in [-0.2, -0.15) is 15.2 Å². The Balaban J connectivity index is 1.32. The molecule has 1 aliphatic heterocycles. The molecule has 0 amide bonds. The maximum atomic E-state index is 9.80. The molecule has 6 rings (SSSR count). The zero-order valence-electron chi connectivity index (χ0n) is 21.5. The normalized spacial score (nSPS) is 18.1. The molecule has 198 valence electrons. The second kappa shape index (κ2) is 9.22. The SMILES string of the molecule is Cn1c(Nc2cc(C(C)(C)C)n([C@H]3CCO[C@@H]3CO)n2)nc2ncc(Oc3cnn4ccnc4c3)c(Cl)c21. The first kappa shape index (κ1) is 24.6. The van der Waals surface area contributed by atoms with Gasteiger partial charge >= 0.3 is 0 Å². The quantitative estimate of drug-likeness (QED) is 0.330. The van der Waals surface area contributed by atoms with E-state index in [0.717, 1.165) is 12.1 Å². The van der Waals surface area contributed by atoms with Crippen molar-refractivity contribution in [2.75, 3.05) is 18.5 Å². The fourth-order valence-corrected chi connectivity index (χ4v) is 5.04. The van der Waals surface area contributed by atoms with Gasteiger partial charge in [-0.1, -0.05) is 32.4 Å². The molecule has 5 aromatic heterocycles. The Kier molecular flexibility index (Phi) is 5.97. The first-order valence-corrected chi connectivity index (χ1v) is 12.7. The van der Waals surface area contributed by atoms with Crippen LogP contribution >= 0.6 is 11.6 Å². The van der Waals surface area contributed by atoms with Gasteiger partial charge in [0.1, 0.15) is 16.6 Å². The topological polar surface area (TPSA) is 129 Å². The summed E-state index contributed by atoms with van der Waals surface area (Å²) in [5.41, 5.74) is 2.59. The highest BCUT2D eigenvalue weighted by Crippen LogP contribution is 2.37. The number of hydrogen-bond donors (Lipinski definition) is 2. The molecule has 1 fully saturated rings. The number of aryl methyl sites for hydroxylation is 1. The molecule has 6 heterocycles. The average molecular weight is 538 g/mol. The van der Waals surface area contributed by atoms with Crippen molar-refractivity contribution in [2.45, 2.75) is 44.8 Å². The van der Waals surface area contributed by atoms with Crippen molar-refractivity contribution in [3.63, 3.8) is 0 Å². The lowest BCUT2D eigenvalue weighted by atomic mass is 9.91. The molecule has 5 aromatic rings. The van der Waals surface area contributed by atoms with E-state index >= 15 is 0 Å². The standard InChI is InChI=1S/C25H28ClN9O3/c1-25(2,3)18-10-19(32-35(18)15-5-8-37-17(15)13-36)30-24-31-23-22(33(24)4)21(26)16(12-28-23)38-14-9-20-27-6-7-34(20)29-11-14/h6-7,9-12,15,17,36H,5,8,13H2,1-4H3,(H,28,30,31,32)/t15-,17+/m0/s1. The van der Waals surface area contributed by atoms with Crippen LogP contribution in [0.15, 0.2) is 36.9 Å². The molecule has 0 saturated carbocycles. The van der Waals surface area contributed by atoms with Crippen molar-refractivity contribution in [1.82, 2.24) is 38.9 Å². The van der Waals surface area contributed by atoms with E-state index in [1.165, 1.54) is 0 Å². The third-order valence-electron chi connectivity index (χ3n) is 6.68. The summed E-state index contributed by atoms with van der Waals surface area (Å²) in [7, 11) is 1.85. The number of ether oxygens (including phenoxy) is 2. The van der Waals surface area contributed by atoms with Crippen LogP contribution in [-0.4, -0.2) is 63.3 Å². The van der Waals surface area contributed by atoms with Crippen molar-refractivity contribution < 1.29 is 14.6 Å². The number of aromatic nitrogens is 8. The van der Waals surface area contributed by atoms with Gasteiger partial charge in [0.15, 0.2) is 28.6 Å². The van der Waals surface area contributed by atoms with Crippen LogP contribution < -0.4 is 10.1 Å². The monoisotopic (exact) mass is 537 g/mol. The Labute approximate surface area is 223 Å². The molecule has 0 aromatic carbocycles. The van der Waals surface area contributed by atoms with Crippen LogP contribution in [0.3, 0.4) is 0 Å². The second-order valence-corrected chi connectivity index (χ2v) is 10.7. The Bertz CT molecular complexity index is 1630. The first-order valence-electron chi connectivity index (χ1n) is 12.3. The Morgan fingerprint density at radius 2 is 2.08 bits per heavy atom. The van der Waals surface area contributed by atoms with Crippen LogP contribution in [0.4, 0.5) is 11.8 Å². The van der Waals surface area contributed by atoms with Gasteiger partial charge in [0.25, 0.3) is 0 Å². The van der Waals surface area contributed by atoms with Gasteiger partial charge in [0.05, 0.1) is 25.0 Å². The minimum absolute atomic E-state index is 0.0447. The minimum atomic E-state index is -0.287. The van der Waals surface area contributed by atoms with Crippen LogP contribution in [-0.2, 0) is 17.2 Å². The molecule has 2 N–H and O–H groups in total. The van der Waals surface area contributed by atoms with Gasteiger partial charge in [-0.25, -0.2) is 14.5 Å². The number of rotatable bonds is 6. The average Bonchev–Trinajstić information content (AvgIpc) is 3.66. The number of halogens is 1. The molecule has 0 bridgehead atoms. The summed E-state index contributed by atoms with van der Waals surface area (Å²) in [6.45, 7) is 6.94. The number of imidazole rings is 2. The second-order valence-electron chi connectivity index (χ2n) is 10.3. The van der Waals surface area contributed by atoms with Crippen molar-refractivity contribution in [1.29, 1.82) is 0 Å². The minimum Gasteiger partial charge on any atom is -0.452 e. The van der Waals surface area contributed by atoms with Crippen molar-refractivity contribution in [2.24, 2.45) is 7.05 Å². The molecular weight excluding hydrogens is 510 g/mol. The number of aliphatic hydroxyl groups is 1. The molecular formula is C25H28ClN9O3. The largest absolute Gasteiger partial charge is 0.452 e. The predicted octanol–water partition coefficient (Wildman–Crippen LogP) is 4.02. The summed E-state index contributed by atoms with van der Waals surface area (Å²) in [6.07, 6.45) is 7.04. The molecule has 0 radical (unpaired) electrons. The summed E-state index contributed by atoms with van der Waals surface area (Å²) >= 11 is 6.77. The Morgan fingerprint density at radius 3 is 2.87 bits per heavy atom. The maximum absolute atomic E-state index is 9.80. The third-order valence-corrected chi connectivity index (χ3v) is 7.04. The lowest BCUT2D eigenvalue weighted by Gasteiger charge is -2.25. The number of fused-ring (bicyclic) bond motifs is 2. The smallest absolute Gasteiger partial charge is 0.210 e. The molecule has 0 spiro atoms. The van der Waals surface area contributed by atoms with Crippen LogP contribution in [0.25, 0.3) is 16.8 Å². The van der Waals surface area contributed by atoms with Gasteiger partial charge in [0, 0.05) is 49.3 Å². The summed E-state index contributed by atoms with van der Waals surface area (Å²) in [5, 5.41) is 22.6. The zero-order chi connectivity index (χ0) is 26.6. The fourth-order valence-electron chi connectivity index (χ4n) is 4.75. The lowest BCUT2D eigenvalue weighted by Crippen LogP contribution is -2.29. The van der Waals surface area contributed by atoms with E-state index in [9.17, 15) is 5.11 Å². The van der Waals surface area contributed by atoms with E-state index < -0.39 is 0 Å². The summed E-state index contributed by atoms with van der Waals surface area (Å²) in [6, 6.07) is 3.73. The molecule has 0 unspecified atom stereocenters. The highest BCUT2D eigenvalue weighted by Gasteiger charge is 2.34. The van der Waals surface area contributed by atoms with Gasteiger partial charge in [-0.3, -0.25) is 4.68 Å². The molecule has 2 atom stereocenters. The van der Waals surface area contributed by atoms with Gasteiger partial charge in [0.2, 0.25) is 5.95 Å². The number of aliphatic hydroxyl groups excluding tert-OH is 1. The molecule has 1 aliphatic rings. The van der Waals surface area contributed by atoms with Gasteiger partial charge < -0.3 is 24.5 Å². The van der Waals surface area contributed by atoms with E-state index in [1.807, 2.05) is 22.4 Å². The Morgan fingerprint density at radius 1 is 1.24 bits per heavy atom. The van der Waals surface area contributed by atoms with E-state index in [0.29, 0.717) is 51.7 Å².